The van der Waals surface area contributed by atoms with Crippen LogP contribution in [0.4, 0.5) is 34.1 Å². The van der Waals surface area contributed by atoms with Gasteiger partial charge in [0, 0.05) is 44.6 Å². The SMILES string of the molecule is [2H]c1c([2H])c([2H])c2c(c1[2H])c1c([2H])c([2H])c([2H])c([2H])c1n2-c1cc2c3c(c1)N(c1ccc(C(C)(C)C)cc1-c1ccccc1)c1ccc(C(C)(C)C)cc1B3c1cc(-c3cc([Si](c4ccccc4)(c4ccccc4)c4cccc(-c5ccccc5)c4)cc([Si](c4ccccc4)(c4ccccc4)c4cccc(-c5ccccc5)c4)c3)ccc1N2c1ccccc1-c1ccccc1. The summed E-state index contributed by atoms with van der Waals surface area (Å²) >= 11 is 0. The molecule has 2 aliphatic rings. The van der Waals surface area contributed by atoms with Gasteiger partial charge in [-0.2, -0.15) is 0 Å². The quantitative estimate of drug-likeness (QED) is 0.0706. The van der Waals surface area contributed by atoms with Gasteiger partial charge < -0.3 is 14.4 Å². The Hall–Kier alpha value is -14.1. The molecular weight excluding hydrogens is 1500 g/mol. The number of rotatable bonds is 16. The van der Waals surface area contributed by atoms with Gasteiger partial charge in [0.05, 0.1) is 39.1 Å². The van der Waals surface area contributed by atoms with Gasteiger partial charge >= 0.3 is 0 Å². The number of benzene rings is 18. The van der Waals surface area contributed by atoms with Crippen molar-refractivity contribution >= 4 is 137 Å². The van der Waals surface area contributed by atoms with Crippen molar-refractivity contribution in [1.82, 2.24) is 4.57 Å². The molecule has 0 bridgehead atoms. The third-order valence-corrected chi connectivity index (χ3v) is 34.9. The predicted molar refractivity (Wildman–Crippen MR) is 527 cm³/mol. The second kappa shape index (κ2) is 30.6. The maximum atomic E-state index is 10.1. The van der Waals surface area contributed by atoms with E-state index in [0.29, 0.717) is 5.69 Å². The van der Waals surface area contributed by atoms with Crippen molar-refractivity contribution in [1.29, 1.82) is 0 Å². The highest BCUT2D eigenvalue weighted by molar-refractivity contribution is 7.22. The highest BCUT2D eigenvalue weighted by Crippen LogP contribution is 2.51. The molecule has 122 heavy (non-hydrogen) atoms. The Morgan fingerprint density at radius 3 is 1.05 bits per heavy atom. The predicted octanol–water partition coefficient (Wildman–Crippen LogP) is 22.6. The van der Waals surface area contributed by atoms with E-state index in [0.717, 1.165) is 117 Å². The molecule has 6 heteroatoms. The van der Waals surface area contributed by atoms with Crippen LogP contribution in [-0.4, -0.2) is 27.4 Å². The van der Waals surface area contributed by atoms with E-state index in [-0.39, 0.29) is 44.7 Å². The molecular formula is C116H92BN3Si2. The molecule has 2 aliphatic heterocycles. The van der Waals surface area contributed by atoms with Crippen molar-refractivity contribution < 1.29 is 11.0 Å². The van der Waals surface area contributed by atoms with E-state index in [1.54, 1.807) is 4.57 Å². The minimum Gasteiger partial charge on any atom is -0.311 e. The first-order chi connectivity index (χ1) is 63.1. The van der Waals surface area contributed by atoms with E-state index in [9.17, 15) is 11.0 Å². The minimum atomic E-state index is -3.61. The molecule has 0 fully saturated rings. The van der Waals surface area contributed by atoms with Gasteiger partial charge in [-0.1, -0.05) is 436 Å². The lowest BCUT2D eigenvalue weighted by Gasteiger charge is -2.45. The average Bonchev–Trinajstić information content (AvgIpc) is 1.20. The summed E-state index contributed by atoms with van der Waals surface area (Å²) < 4.78 is 79.3. The van der Waals surface area contributed by atoms with Gasteiger partial charge in [-0.25, -0.2) is 0 Å². The van der Waals surface area contributed by atoms with Crippen LogP contribution in [0.1, 0.15) is 63.6 Å². The zero-order valence-electron chi connectivity index (χ0n) is 77.0. The van der Waals surface area contributed by atoms with E-state index in [1.165, 1.54) is 41.5 Å². The molecule has 582 valence electrons. The van der Waals surface area contributed by atoms with E-state index < -0.39 is 59.1 Å². The zero-order chi connectivity index (χ0) is 89.2. The van der Waals surface area contributed by atoms with Crippen molar-refractivity contribution in [2.45, 2.75) is 52.4 Å². The summed E-state index contributed by atoms with van der Waals surface area (Å²) in [5.74, 6) is 0. The Morgan fingerprint density at radius 1 is 0.246 bits per heavy atom. The fourth-order valence-corrected chi connectivity index (χ4v) is 29.5. The molecule has 18 aromatic carbocycles. The van der Waals surface area contributed by atoms with Crippen LogP contribution >= 0.6 is 0 Å². The van der Waals surface area contributed by atoms with Crippen LogP contribution in [0, 0.1) is 0 Å². The highest BCUT2D eigenvalue weighted by atomic mass is 28.3. The van der Waals surface area contributed by atoms with E-state index in [1.807, 2.05) is 6.07 Å². The molecule has 3 nitrogen and oxygen atoms in total. The van der Waals surface area contributed by atoms with Crippen LogP contribution in [-0.2, 0) is 10.8 Å². The van der Waals surface area contributed by atoms with Crippen molar-refractivity contribution in [2.24, 2.45) is 0 Å². The summed E-state index contributed by atoms with van der Waals surface area (Å²) in [6.07, 6.45) is 0. The molecule has 0 N–H and O–H groups in total. The Labute approximate surface area is 730 Å². The minimum absolute atomic E-state index is 0.00374. The van der Waals surface area contributed by atoms with Gasteiger partial charge in [0.15, 0.2) is 16.1 Å². The number of hydrogen-bond acceptors (Lipinski definition) is 2. The number of fused-ring (bicyclic) bond motifs is 7. The Balaban J connectivity index is 0.943. The van der Waals surface area contributed by atoms with Gasteiger partial charge in [-0.15, -0.1) is 0 Å². The van der Waals surface area contributed by atoms with Crippen LogP contribution in [0.2, 0.25) is 0 Å². The summed E-state index contributed by atoms with van der Waals surface area (Å²) in [5.41, 5.74) is 20.7. The smallest absolute Gasteiger partial charge is 0.252 e. The number of hydrogen-bond donors (Lipinski definition) is 0. The lowest BCUT2D eigenvalue weighted by Crippen LogP contribution is -2.78. The van der Waals surface area contributed by atoms with Crippen molar-refractivity contribution in [3.8, 4) is 61.3 Å². The van der Waals surface area contributed by atoms with Gasteiger partial charge in [0.1, 0.15) is 0 Å². The molecule has 1 aromatic heterocycles. The van der Waals surface area contributed by atoms with Gasteiger partial charge in [-0.05, 0) is 179 Å². The Bertz CT molecular complexity index is 7320. The first-order valence-electron chi connectivity index (χ1n) is 46.2. The topological polar surface area (TPSA) is 11.4 Å². The Kier molecular flexibility index (Phi) is 16.7. The normalized spacial score (nSPS) is 13.5. The highest BCUT2D eigenvalue weighted by Gasteiger charge is 2.49. The van der Waals surface area contributed by atoms with Gasteiger partial charge in [0.25, 0.3) is 6.71 Å². The molecule has 0 radical (unpaired) electrons. The van der Waals surface area contributed by atoms with Crippen molar-refractivity contribution in [3.63, 3.8) is 0 Å². The standard InChI is InChI=1S/C116H92BN3Si2/c1-115(2,3)89-66-69-109(103(76-89)84-45-21-10-22-46-84)120-111-70-67-90(116(4,5)6)77-105(111)117-104-75-87(65-68-110(104)119(106-62-34-31-59-100(106)83-43-19-9-20-44-83)112-78-91(79-113(120)114(112)117)118-107-63-35-32-60-101(107)102-61-33-36-64-108(102)118)88-73-98(121(92-49-23-11-24-50-92,93-51-25-12-26-52-93)96-57-37-47-85(71-96)81-39-15-7-16-40-81)80-99(74-88)122(94-53-27-13-28-54-94,95-55-29-14-30-56-95)97-58-38-48-86(72-97)82-41-17-8-18-42-82/h7-80H,1-6H3/i32D,33D,35D,36D,60D,61D,63D,64D. The summed E-state index contributed by atoms with van der Waals surface area (Å²) in [4.78, 5) is 4.82. The van der Waals surface area contributed by atoms with Crippen LogP contribution in [0.5, 0.6) is 0 Å². The van der Waals surface area contributed by atoms with Crippen molar-refractivity contribution in [3.05, 3.63) is 460 Å². The molecule has 0 aliphatic carbocycles. The first kappa shape index (κ1) is 66.7. The molecule has 3 heterocycles. The summed E-state index contributed by atoms with van der Waals surface area (Å²) in [6.45, 7) is 13.0. The van der Waals surface area contributed by atoms with Gasteiger partial charge in [-0.3, -0.25) is 0 Å². The maximum absolute atomic E-state index is 10.1. The maximum Gasteiger partial charge on any atom is 0.252 e. The van der Waals surface area contributed by atoms with E-state index in [2.05, 4.69) is 446 Å². The molecule has 19 aromatic rings. The third kappa shape index (κ3) is 12.8. The molecule has 0 atom stereocenters. The fraction of sp³-hybridized carbons (Fsp3) is 0.0690. The zero-order valence-corrected chi connectivity index (χ0v) is 71.0. The average molecular weight is 1600 g/mol. The van der Waals surface area contributed by atoms with Crippen LogP contribution < -0.4 is 67.7 Å². The lowest BCUT2D eigenvalue weighted by atomic mass is 9.33. The second-order valence-electron chi connectivity index (χ2n) is 34.5. The van der Waals surface area contributed by atoms with Crippen LogP contribution in [0.15, 0.2) is 449 Å². The van der Waals surface area contributed by atoms with Crippen LogP contribution in [0.3, 0.4) is 0 Å². The van der Waals surface area contributed by atoms with E-state index in [4.69, 9.17) is 0 Å². The van der Waals surface area contributed by atoms with Crippen LogP contribution in [0.25, 0.3) is 83.1 Å². The summed E-state index contributed by atoms with van der Waals surface area (Å²) in [7, 11) is -7.23. The molecule has 0 unspecified atom stereocenters. The number of para-hydroxylation sites is 3. The molecule has 0 amide bonds. The fourth-order valence-electron chi connectivity index (χ4n) is 19.6. The summed E-state index contributed by atoms with van der Waals surface area (Å²) in [5, 5.41) is 9.81. The number of nitrogens with zero attached hydrogens (tertiary/aromatic N) is 3. The largest absolute Gasteiger partial charge is 0.311 e. The number of anilines is 6. The number of aromatic nitrogens is 1. The summed E-state index contributed by atoms with van der Waals surface area (Å²) in [6, 6.07) is 145. The van der Waals surface area contributed by atoms with Gasteiger partial charge in [0.2, 0.25) is 0 Å². The molecule has 21 rings (SSSR count). The molecule has 0 spiro atoms. The third-order valence-electron chi connectivity index (χ3n) is 25.4. The lowest BCUT2D eigenvalue weighted by molar-refractivity contribution is 0.590. The molecule has 0 saturated heterocycles. The van der Waals surface area contributed by atoms with Crippen molar-refractivity contribution in [2.75, 3.05) is 9.80 Å². The van der Waals surface area contributed by atoms with E-state index >= 15 is 0 Å². The monoisotopic (exact) mass is 1600 g/mol. The first-order valence-corrected chi connectivity index (χ1v) is 46.2. The Morgan fingerprint density at radius 2 is 0.590 bits per heavy atom. The second-order valence-corrected chi connectivity index (χ2v) is 42.1. The molecule has 0 saturated carbocycles.